The van der Waals surface area contributed by atoms with Crippen LogP contribution in [0.2, 0.25) is 0 Å². The summed E-state index contributed by atoms with van der Waals surface area (Å²) < 4.78 is 0. The number of amides is 1. The number of nitro groups is 1. The summed E-state index contributed by atoms with van der Waals surface area (Å²) in [5.41, 5.74) is 5.81. The van der Waals surface area contributed by atoms with E-state index in [0.29, 0.717) is 5.69 Å². The smallest absolute Gasteiger partial charge is 0.282 e. The molecule has 0 spiro atoms. The van der Waals surface area contributed by atoms with Crippen molar-refractivity contribution in [1.82, 2.24) is 5.32 Å². The van der Waals surface area contributed by atoms with Gasteiger partial charge in [-0.1, -0.05) is 25.7 Å². The summed E-state index contributed by atoms with van der Waals surface area (Å²) in [4.78, 5) is 22.6. The normalized spacial score (nSPS) is 16.4. The predicted octanol–water partition coefficient (Wildman–Crippen LogP) is 2.63. The van der Waals surface area contributed by atoms with Gasteiger partial charge in [-0.2, -0.15) is 0 Å². The van der Waals surface area contributed by atoms with Gasteiger partial charge in [-0.3, -0.25) is 14.9 Å². The maximum Gasteiger partial charge on any atom is 0.282 e. The first-order valence-corrected chi connectivity index (χ1v) is 6.92. The molecule has 0 heterocycles. The minimum absolute atomic E-state index is 0.0410. The molecule has 1 aromatic carbocycles. The van der Waals surface area contributed by atoms with E-state index >= 15 is 0 Å². The van der Waals surface area contributed by atoms with Crippen LogP contribution in [0.15, 0.2) is 18.2 Å². The zero-order valence-electron chi connectivity index (χ0n) is 11.3. The van der Waals surface area contributed by atoms with Crippen molar-refractivity contribution in [1.29, 1.82) is 0 Å². The van der Waals surface area contributed by atoms with Crippen molar-refractivity contribution < 1.29 is 9.72 Å². The van der Waals surface area contributed by atoms with Crippen LogP contribution >= 0.6 is 0 Å². The molecule has 0 radical (unpaired) electrons. The van der Waals surface area contributed by atoms with Gasteiger partial charge >= 0.3 is 0 Å². The fourth-order valence-corrected chi connectivity index (χ4v) is 2.58. The van der Waals surface area contributed by atoms with Gasteiger partial charge in [0.1, 0.15) is 5.56 Å². The molecule has 0 saturated heterocycles. The number of nitrogens with two attached hydrogens (primary N) is 1. The molecule has 1 aromatic rings. The highest BCUT2D eigenvalue weighted by atomic mass is 16.6. The Hall–Kier alpha value is -2.11. The molecule has 3 N–H and O–H groups in total. The lowest BCUT2D eigenvalue weighted by Crippen LogP contribution is -2.34. The van der Waals surface area contributed by atoms with Gasteiger partial charge < -0.3 is 11.1 Å². The van der Waals surface area contributed by atoms with Crippen molar-refractivity contribution >= 4 is 17.3 Å². The number of nitrogens with one attached hydrogen (secondary N) is 1. The Bertz CT molecular complexity index is 508. The number of benzene rings is 1. The van der Waals surface area contributed by atoms with E-state index in [2.05, 4.69) is 5.32 Å². The number of anilines is 1. The van der Waals surface area contributed by atoms with Crippen LogP contribution in [0.3, 0.4) is 0 Å². The maximum absolute atomic E-state index is 12.2. The lowest BCUT2D eigenvalue weighted by molar-refractivity contribution is -0.385. The van der Waals surface area contributed by atoms with Gasteiger partial charge in [-0.05, 0) is 25.0 Å². The largest absolute Gasteiger partial charge is 0.399 e. The molecule has 1 aliphatic rings. The number of carbonyl (C=O) groups excluding carboxylic acids is 1. The highest BCUT2D eigenvalue weighted by Gasteiger charge is 2.23. The van der Waals surface area contributed by atoms with E-state index in [-0.39, 0.29) is 17.3 Å². The molecule has 2 rings (SSSR count). The predicted molar refractivity (Wildman–Crippen MR) is 76.5 cm³/mol. The topological polar surface area (TPSA) is 98.3 Å². The fourth-order valence-electron chi connectivity index (χ4n) is 2.58. The molecule has 1 aliphatic carbocycles. The van der Waals surface area contributed by atoms with Gasteiger partial charge in [-0.15, -0.1) is 0 Å². The summed E-state index contributed by atoms with van der Waals surface area (Å²) in [5, 5.41) is 13.9. The summed E-state index contributed by atoms with van der Waals surface area (Å²) in [6.07, 6.45) is 6.41. The molecule has 0 aliphatic heterocycles. The monoisotopic (exact) mass is 277 g/mol. The summed E-state index contributed by atoms with van der Waals surface area (Å²) in [7, 11) is 0. The molecule has 1 amide bonds. The van der Waals surface area contributed by atoms with Gasteiger partial charge in [0.15, 0.2) is 0 Å². The molecule has 0 unspecified atom stereocenters. The first-order chi connectivity index (χ1) is 9.58. The number of nitro benzene ring substituents is 1. The molecule has 0 aromatic heterocycles. The van der Waals surface area contributed by atoms with Gasteiger partial charge in [-0.25, -0.2) is 0 Å². The molecule has 6 nitrogen and oxygen atoms in total. The second-order valence-electron chi connectivity index (χ2n) is 5.20. The van der Waals surface area contributed by atoms with Crippen molar-refractivity contribution in [3.63, 3.8) is 0 Å². The standard InChI is InChI=1S/C14H19N3O3/c15-10-7-8-13(17(19)20)12(9-10)14(18)16-11-5-3-1-2-4-6-11/h7-9,11H,1-6,15H2,(H,16,18). The Kier molecular flexibility index (Phi) is 4.55. The lowest BCUT2D eigenvalue weighted by atomic mass is 10.1. The molecule has 20 heavy (non-hydrogen) atoms. The molecular weight excluding hydrogens is 258 g/mol. The second-order valence-corrected chi connectivity index (χ2v) is 5.20. The zero-order chi connectivity index (χ0) is 14.5. The van der Waals surface area contributed by atoms with Crippen molar-refractivity contribution in [3.8, 4) is 0 Å². The number of nitrogens with zero attached hydrogens (tertiary/aromatic N) is 1. The van der Waals surface area contributed by atoms with E-state index in [1.807, 2.05) is 0 Å². The summed E-state index contributed by atoms with van der Waals surface area (Å²) >= 11 is 0. The average Bonchev–Trinajstić information content (AvgIpc) is 2.66. The summed E-state index contributed by atoms with van der Waals surface area (Å²) in [6.45, 7) is 0. The fraction of sp³-hybridized carbons (Fsp3) is 0.500. The van der Waals surface area contributed by atoms with E-state index in [9.17, 15) is 14.9 Å². The lowest BCUT2D eigenvalue weighted by Gasteiger charge is -2.16. The number of carbonyl (C=O) groups is 1. The third-order valence-corrected chi connectivity index (χ3v) is 3.65. The van der Waals surface area contributed by atoms with Crippen LogP contribution in [0.25, 0.3) is 0 Å². The second kappa shape index (κ2) is 6.36. The van der Waals surface area contributed by atoms with Gasteiger partial charge in [0, 0.05) is 17.8 Å². The van der Waals surface area contributed by atoms with Gasteiger partial charge in [0.2, 0.25) is 0 Å². The van der Waals surface area contributed by atoms with Crippen LogP contribution in [0.1, 0.15) is 48.9 Å². The summed E-state index contributed by atoms with van der Waals surface area (Å²) in [5.74, 6) is -0.407. The summed E-state index contributed by atoms with van der Waals surface area (Å²) in [6, 6.07) is 4.17. The van der Waals surface area contributed by atoms with Gasteiger partial charge in [0.05, 0.1) is 4.92 Å². The van der Waals surface area contributed by atoms with E-state index in [0.717, 1.165) is 25.7 Å². The van der Waals surface area contributed by atoms with E-state index < -0.39 is 10.8 Å². The van der Waals surface area contributed by atoms with Crippen molar-refractivity contribution in [2.24, 2.45) is 0 Å². The average molecular weight is 277 g/mol. The maximum atomic E-state index is 12.2. The highest BCUT2D eigenvalue weighted by molar-refractivity contribution is 5.99. The van der Waals surface area contributed by atoms with Crippen molar-refractivity contribution in [2.75, 3.05) is 5.73 Å². The third-order valence-electron chi connectivity index (χ3n) is 3.65. The van der Waals surface area contributed by atoms with Crippen LogP contribution in [0.5, 0.6) is 0 Å². The van der Waals surface area contributed by atoms with Crippen LogP contribution < -0.4 is 11.1 Å². The van der Waals surface area contributed by atoms with Crippen LogP contribution in [0.4, 0.5) is 11.4 Å². The van der Waals surface area contributed by atoms with Crippen LogP contribution in [0, 0.1) is 10.1 Å². The highest BCUT2D eigenvalue weighted by Crippen LogP contribution is 2.23. The third kappa shape index (κ3) is 3.46. The van der Waals surface area contributed by atoms with E-state index in [4.69, 9.17) is 5.73 Å². The van der Waals surface area contributed by atoms with Gasteiger partial charge in [0.25, 0.3) is 11.6 Å². The molecular formula is C14H19N3O3. The molecule has 1 saturated carbocycles. The number of hydrogen-bond acceptors (Lipinski definition) is 4. The number of nitrogen functional groups attached to an aromatic ring is 1. The minimum Gasteiger partial charge on any atom is -0.399 e. The first-order valence-electron chi connectivity index (χ1n) is 6.92. The minimum atomic E-state index is -0.554. The molecule has 1 fully saturated rings. The van der Waals surface area contributed by atoms with Crippen LogP contribution in [-0.2, 0) is 0 Å². The Labute approximate surface area is 117 Å². The van der Waals surface area contributed by atoms with E-state index in [1.165, 1.54) is 31.0 Å². The first kappa shape index (κ1) is 14.3. The Morgan fingerprint density at radius 2 is 1.90 bits per heavy atom. The van der Waals surface area contributed by atoms with Crippen molar-refractivity contribution in [2.45, 2.75) is 44.6 Å². The molecule has 108 valence electrons. The zero-order valence-corrected chi connectivity index (χ0v) is 11.3. The SMILES string of the molecule is Nc1ccc([N+](=O)[O-])c(C(=O)NC2CCCCCC2)c1. The van der Waals surface area contributed by atoms with E-state index in [1.54, 1.807) is 0 Å². The van der Waals surface area contributed by atoms with Crippen molar-refractivity contribution in [3.05, 3.63) is 33.9 Å². The number of hydrogen-bond donors (Lipinski definition) is 2. The molecule has 0 atom stereocenters. The Morgan fingerprint density at radius 3 is 2.50 bits per heavy atom. The number of rotatable bonds is 3. The van der Waals surface area contributed by atoms with Crippen LogP contribution in [-0.4, -0.2) is 16.9 Å². The Morgan fingerprint density at radius 1 is 1.25 bits per heavy atom. The molecule has 0 bridgehead atoms. The quantitative estimate of drug-likeness (QED) is 0.384. The Balaban J connectivity index is 2.15. The molecule has 6 heteroatoms.